The fraction of sp³-hybridized carbons (Fsp3) is 0.267. The molecular weight excluding hydrogens is 314 g/mol. The Bertz CT molecular complexity index is 879. The SMILES string of the molecule is NCCc1nc(C(=O)NCCn2c(=O)[nH]c3ccccc32)cs1. The first kappa shape index (κ1) is 15.4. The van der Waals surface area contributed by atoms with E-state index in [9.17, 15) is 9.59 Å². The summed E-state index contributed by atoms with van der Waals surface area (Å²) in [7, 11) is 0. The van der Waals surface area contributed by atoms with Gasteiger partial charge in [0.15, 0.2) is 0 Å². The molecule has 7 nitrogen and oxygen atoms in total. The predicted molar refractivity (Wildman–Crippen MR) is 89.8 cm³/mol. The molecule has 2 heterocycles. The minimum atomic E-state index is -0.239. The first-order valence-corrected chi connectivity index (χ1v) is 8.17. The molecule has 3 aromatic rings. The molecule has 0 aliphatic heterocycles. The molecule has 0 bridgehead atoms. The lowest BCUT2D eigenvalue weighted by Gasteiger charge is -2.05. The summed E-state index contributed by atoms with van der Waals surface area (Å²) in [5.41, 5.74) is 7.29. The van der Waals surface area contributed by atoms with Crippen molar-refractivity contribution in [2.75, 3.05) is 13.1 Å². The molecule has 0 saturated heterocycles. The molecule has 0 radical (unpaired) electrons. The number of carbonyl (C=O) groups excluding carboxylic acids is 1. The summed E-state index contributed by atoms with van der Waals surface area (Å²) in [4.78, 5) is 31.0. The number of imidazole rings is 1. The number of aromatic nitrogens is 3. The monoisotopic (exact) mass is 331 g/mol. The highest BCUT2D eigenvalue weighted by Gasteiger charge is 2.11. The number of hydrogen-bond donors (Lipinski definition) is 3. The number of nitrogens with one attached hydrogen (secondary N) is 2. The van der Waals surface area contributed by atoms with E-state index in [4.69, 9.17) is 5.73 Å². The van der Waals surface area contributed by atoms with Crippen LogP contribution in [0, 0.1) is 0 Å². The number of para-hydroxylation sites is 2. The Morgan fingerprint density at radius 2 is 2.22 bits per heavy atom. The molecular formula is C15H17N5O2S. The van der Waals surface area contributed by atoms with Crippen LogP contribution in [0.1, 0.15) is 15.5 Å². The number of nitrogens with two attached hydrogens (primary N) is 1. The van der Waals surface area contributed by atoms with Crippen LogP contribution in [0.5, 0.6) is 0 Å². The molecule has 4 N–H and O–H groups in total. The third kappa shape index (κ3) is 3.33. The first-order valence-electron chi connectivity index (χ1n) is 7.29. The van der Waals surface area contributed by atoms with Crippen molar-refractivity contribution >= 4 is 28.3 Å². The van der Waals surface area contributed by atoms with Gasteiger partial charge in [-0.3, -0.25) is 9.36 Å². The summed E-state index contributed by atoms with van der Waals surface area (Å²) >= 11 is 1.43. The molecule has 120 valence electrons. The minimum absolute atomic E-state index is 0.181. The Labute approximate surface area is 136 Å². The molecule has 2 aromatic heterocycles. The van der Waals surface area contributed by atoms with Gasteiger partial charge in [-0.2, -0.15) is 0 Å². The van der Waals surface area contributed by atoms with Gasteiger partial charge in [-0.1, -0.05) is 12.1 Å². The number of nitrogens with zero attached hydrogens (tertiary/aromatic N) is 2. The van der Waals surface area contributed by atoms with Crippen LogP contribution in [0.15, 0.2) is 34.4 Å². The second kappa shape index (κ2) is 6.76. The van der Waals surface area contributed by atoms with E-state index in [0.717, 1.165) is 16.0 Å². The second-order valence-corrected chi connectivity index (χ2v) is 5.96. The topological polar surface area (TPSA) is 106 Å². The zero-order chi connectivity index (χ0) is 16.2. The molecule has 0 fully saturated rings. The molecule has 0 aliphatic carbocycles. The molecule has 23 heavy (non-hydrogen) atoms. The predicted octanol–water partition coefficient (Wildman–Crippen LogP) is 0.717. The standard InChI is InChI=1S/C15H17N5O2S/c16-6-5-13-18-11(9-23-13)14(21)17-7-8-20-12-4-2-1-3-10(12)19-15(20)22/h1-4,9H,5-8,16H2,(H,17,21)(H,19,22). The van der Waals surface area contributed by atoms with E-state index in [1.807, 2.05) is 24.3 Å². The Kier molecular flexibility index (Phi) is 4.54. The summed E-state index contributed by atoms with van der Waals surface area (Å²) in [6.07, 6.45) is 0.669. The van der Waals surface area contributed by atoms with Crippen LogP contribution in [0.25, 0.3) is 11.0 Å². The van der Waals surface area contributed by atoms with E-state index in [1.165, 1.54) is 11.3 Å². The third-order valence-electron chi connectivity index (χ3n) is 3.45. The number of fused-ring (bicyclic) bond motifs is 1. The Morgan fingerprint density at radius 3 is 3.04 bits per heavy atom. The van der Waals surface area contributed by atoms with Crippen LogP contribution in [0.3, 0.4) is 0 Å². The van der Waals surface area contributed by atoms with Gasteiger partial charge in [-0.15, -0.1) is 11.3 Å². The van der Waals surface area contributed by atoms with Gasteiger partial charge in [0.1, 0.15) is 5.69 Å². The molecule has 8 heteroatoms. The maximum Gasteiger partial charge on any atom is 0.326 e. The number of amides is 1. The number of benzene rings is 1. The molecule has 0 atom stereocenters. The fourth-order valence-corrected chi connectivity index (χ4v) is 3.15. The molecule has 0 aliphatic rings. The van der Waals surface area contributed by atoms with E-state index >= 15 is 0 Å². The highest BCUT2D eigenvalue weighted by atomic mass is 32.1. The van der Waals surface area contributed by atoms with E-state index < -0.39 is 0 Å². The normalized spacial score (nSPS) is 11.0. The quantitative estimate of drug-likeness (QED) is 0.619. The van der Waals surface area contributed by atoms with Crippen LogP contribution in [-0.4, -0.2) is 33.5 Å². The van der Waals surface area contributed by atoms with Crippen LogP contribution in [-0.2, 0) is 13.0 Å². The molecule has 0 saturated carbocycles. The molecule has 3 rings (SSSR count). The Morgan fingerprint density at radius 1 is 1.39 bits per heavy atom. The Hall–Kier alpha value is -2.45. The van der Waals surface area contributed by atoms with Crippen molar-refractivity contribution in [1.82, 2.24) is 19.9 Å². The van der Waals surface area contributed by atoms with Gasteiger partial charge in [-0.05, 0) is 18.7 Å². The lowest BCUT2D eigenvalue weighted by atomic mass is 10.3. The van der Waals surface area contributed by atoms with Crippen molar-refractivity contribution in [3.05, 3.63) is 50.8 Å². The number of hydrogen-bond acceptors (Lipinski definition) is 5. The summed E-state index contributed by atoms with van der Waals surface area (Å²) in [6, 6.07) is 7.46. The first-order chi connectivity index (χ1) is 11.2. The van der Waals surface area contributed by atoms with E-state index in [1.54, 1.807) is 9.95 Å². The number of carbonyl (C=O) groups is 1. The Balaban J connectivity index is 1.63. The zero-order valence-corrected chi connectivity index (χ0v) is 13.2. The van der Waals surface area contributed by atoms with Gasteiger partial charge in [0.2, 0.25) is 0 Å². The highest BCUT2D eigenvalue weighted by molar-refractivity contribution is 7.09. The van der Waals surface area contributed by atoms with E-state index in [0.29, 0.717) is 31.7 Å². The van der Waals surface area contributed by atoms with Gasteiger partial charge in [0.05, 0.1) is 16.0 Å². The lowest BCUT2D eigenvalue weighted by Crippen LogP contribution is -2.30. The highest BCUT2D eigenvalue weighted by Crippen LogP contribution is 2.10. The van der Waals surface area contributed by atoms with Crippen LogP contribution >= 0.6 is 11.3 Å². The second-order valence-electron chi connectivity index (χ2n) is 5.02. The number of rotatable bonds is 6. The largest absolute Gasteiger partial charge is 0.349 e. The lowest BCUT2D eigenvalue weighted by molar-refractivity contribution is 0.0948. The van der Waals surface area contributed by atoms with Crippen molar-refractivity contribution in [2.24, 2.45) is 5.73 Å². The fourth-order valence-electron chi connectivity index (χ4n) is 2.35. The number of H-pyrrole nitrogens is 1. The summed E-state index contributed by atoms with van der Waals surface area (Å²) in [5.74, 6) is -0.239. The van der Waals surface area contributed by atoms with Crippen LogP contribution in [0.2, 0.25) is 0 Å². The van der Waals surface area contributed by atoms with Crippen molar-refractivity contribution in [1.29, 1.82) is 0 Å². The van der Waals surface area contributed by atoms with Crippen LogP contribution < -0.4 is 16.7 Å². The number of thiazole rings is 1. The molecule has 0 spiro atoms. The van der Waals surface area contributed by atoms with E-state index in [-0.39, 0.29) is 11.6 Å². The van der Waals surface area contributed by atoms with Crippen molar-refractivity contribution in [3.8, 4) is 0 Å². The van der Waals surface area contributed by atoms with Gasteiger partial charge in [0.25, 0.3) is 5.91 Å². The van der Waals surface area contributed by atoms with Gasteiger partial charge < -0.3 is 16.0 Å². The molecule has 0 unspecified atom stereocenters. The van der Waals surface area contributed by atoms with Gasteiger partial charge in [-0.25, -0.2) is 9.78 Å². The van der Waals surface area contributed by atoms with Crippen molar-refractivity contribution in [3.63, 3.8) is 0 Å². The molecule has 1 aromatic carbocycles. The maximum absolute atomic E-state index is 12.0. The number of aromatic amines is 1. The van der Waals surface area contributed by atoms with E-state index in [2.05, 4.69) is 15.3 Å². The van der Waals surface area contributed by atoms with Crippen molar-refractivity contribution < 1.29 is 4.79 Å². The third-order valence-corrected chi connectivity index (χ3v) is 4.35. The summed E-state index contributed by atoms with van der Waals surface area (Å²) in [6.45, 7) is 1.26. The van der Waals surface area contributed by atoms with Gasteiger partial charge in [0, 0.05) is 24.9 Å². The average molecular weight is 331 g/mol. The van der Waals surface area contributed by atoms with Crippen LogP contribution in [0.4, 0.5) is 0 Å². The van der Waals surface area contributed by atoms with Crippen molar-refractivity contribution in [2.45, 2.75) is 13.0 Å². The smallest absolute Gasteiger partial charge is 0.326 e. The summed E-state index contributed by atoms with van der Waals surface area (Å²) in [5, 5.41) is 5.36. The molecule has 1 amide bonds. The average Bonchev–Trinajstić information content (AvgIpc) is 3.13. The van der Waals surface area contributed by atoms with Gasteiger partial charge >= 0.3 is 5.69 Å². The minimum Gasteiger partial charge on any atom is -0.349 e. The maximum atomic E-state index is 12.0. The zero-order valence-electron chi connectivity index (χ0n) is 12.4. The summed E-state index contributed by atoms with van der Waals surface area (Å²) < 4.78 is 1.61.